The fourth-order valence-electron chi connectivity index (χ4n) is 7.39. The number of Topliss-reactive ketones (excluding diaryl/α,β-unsaturated/α-hetero) is 1. The Bertz CT molecular complexity index is 1400. The lowest BCUT2D eigenvalue weighted by atomic mass is 9.87. The van der Waals surface area contributed by atoms with Gasteiger partial charge in [0.05, 0.1) is 12.1 Å². The van der Waals surface area contributed by atoms with E-state index in [4.69, 9.17) is 10.5 Å². The molecule has 4 rings (SSSR count). The molecule has 13 heteroatoms. The summed E-state index contributed by atoms with van der Waals surface area (Å²) < 4.78 is 5.34. The molecule has 6 amide bonds. The first-order valence-corrected chi connectivity index (χ1v) is 17.0. The topological polar surface area (TPSA) is 189 Å². The number of nitrogens with one attached hydrogen (secondary N) is 4. The Kier molecular flexibility index (Phi) is 11.1. The number of hydrogen-bond donors (Lipinski definition) is 5. The van der Waals surface area contributed by atoms with Crippen molar-refractivity contribution in [1.82, 2.24) is 26.2 Å². The van der Waals surface area contributed by atoms with Crippen LogP contribution in [0.15, 0.2) is 24.3 Å². The molecule has 1 aromatic carbocycles. The summed E-state index contributed by atoms with van der Waals surface area (Å²) in [5, 5.41) is 11.2. The first-order chi connectivity index (χ1) is 22.5. The minimum absolute atomic E-state index is 0.0561. The van der Waals surface area contributed by atoms with Crippen LogP contribution >= 0.6 is 0 Å². The first-order valence-electron chi connectivity index (χ1n) is 17.0. The van der Waals surface area contributed by atoms with Crippen LogP contribution in [-0.4, -0.2) is 84.4 Å². The number of piperidine rings is 1. The number of alkyl carbamates (subject to hydrolysis) is 1. The Morgan fingerprint density at radius 2 is 1.62 bits per heavy atom. The normalized spacial score (nSPS) is 22.7. The quantitative estimate of drug-likeness (QED) is 0.199. The molecule has 6 atom stereocenters. The minimum atomic E-state index is -1.13. The van der Waals surface area contributed by atoms with Crippen LogP contribution in [0, 0.1) is 28.6 Å². The third kappa shape index (κ3) is 7.92. The third-order valence-electron chi connectivity index (χ3n) is 10.4. The molecule has 264 valence electrons. The molecule has 1 saturated heterocycles. The Hall–Kier alpha value is -4.16. The van der Waals surface area contributed by atoms with Crippen molar-refractivity contribution in [2.45, 2.75) is 98.3 Å². The van der Waals surface area contributed by atoms with Crippen LogP contribution in [0.3, 0.4) is 0 Å². The van der Waals surface area contributed by atoms with Crippen LogP contribution in [0.4, 0.5) is 9.59 Å². The van der Waals surface area contributed by atoms with Gasteiger partial charge in [0.2, 0.25) is 17.6 Å². The van der Waals surface area contributed by atoms with E-state index in [1.54, 1.807) is 11.8 Å². The molecule has 1 aliphatic heterocycles. The molecule has 2 fully saturated rings. The van der Waals surface area contributed by atoms with Crippen molar-refractivity contribution < 1.29 is 33.5 Å². The number of primary amides is 1. The van der Waals surface area contributed by atoms with Crippen LogP contribution in [0.2, 0.25) is 0 Å². The summed E-state index contributed by atoms with van der Waals surface area (Å²) in [6, 6.07) is 3.79. The lowest BCUT2D eigenvalue weighted by Crippen LogP contribution is -2.61. The second-order valence-electron chi connectivity index (χ2n) is 15.0. The number of benzene rings is 1. The minimum Gasteiger partial charge on any atom is -0.447 e. The lowest BCUT2D eigenvalue weighted by Gasteiger charge is -2.36. The SMILES string of the molecule is CCCC(NC(=O)[C@@H]1[C@@H]2[C@H](CN1C(=O)[C@@H](NC(=O)N[C@H](COC(=O)NCC)C(C)(C)C)C1Cc3ccccc3C1)C2(C)C)C(=O)C(N)=O. The molecule has 6 N–H and O–H groups in total. The average Bonchev–Trinajstić information content (AvgIpc) is 3.37. The van der Waals surface area contributed by atoms with Gasteiger partial charge < -0.3 is 36.6 Å². The summed E-state index contributed by atoms with van der Waals surface area (Å²) in [5.41, 5.74) is 6.76. The highest BCUT2D eigenvalue weighted by atomic mass is 16.5. The van der Waals surface area contributed by atoms with Gasteiger partial charge in [-0.15, -0.1) is 0 Å². The highest BCUT2D eigenvalue weighted by molar-refractivity contribution is 6.37. The molecular formula is C35H52N6O7. The number of carbonyl (C=O) groups excluding carboxylic acids is 6. The van der Waals surface area contributed by atoms with Gasteiger partial charge in [-0.2, -0.15) is 0 Å². The van der Waals surface area contributed by atoms with Gasteiger partial charge >= 0.3 is 12.1 Å². The largest absolute Gasteiger partial charge is 0.447 e. The Morgan fingerprint density at radius 3 is 2.17 bits per heavy atom. The molecule has 3 aliphatic rings. The van der Waals surface area contributed by atoms with Gasteiger partial charge in [0, 0.05) is 13.1 Å². The molecule has 1 aromatic rings. The zero-order valence-electron chi connectivity index (χ0n) is 29.2. The fourth-order valence-corrected chi connectivity index (χ4v) is 7.39. The maximum absolute atomic E-state index is 14.6. The first kappa shape index (κ1) is 36.7. The maximum Gasteiger partial charge on any atom is 0.407 e. The highest BCUT2D eigenvalue weighted by Crippen LogP contribution is 2.65. The van der Waals surface area contributed by atoms with Gasteiger partial charge in [-0.3, -0.25) is 19.2 Å². The molecule has 1 unspecified atom stereocenters. The van der Waals surface area contributed by atoms with Crippen LogP contribution in [0.25, 0.3) is 0 Å². The van der Waals surface area contributed by atoms with Crippen molar-refractivity contribution in [3.05, 3.63) is 35.4 Å². The van der Waals surface area contributed by atoms with E-state index in [0.717, 1.165) is 11.1 Å². The van der Waals surface area contributed by atoms with E-state index in [1.807, 2.05) is 52.0 Å². The molecule has 1 saturated carbocycles. The second-order valence-corrected chi connectivity index (χ2v) is 15.0. The number of nitrogens with zero attached hydrogens (tertiary/aromatic N) is 1. The predicted molar refractivity (Wildman–Crippen MR) is 178 cm³/mol. The number of ketones is 1. The van der Waals surface area contributed by atoms with Crippen molar-refractivity contribution in [2.75, 3.05) is 19.7 Å². The maximum atomic E-state index is 14.6. The van der Waals surface area contributed by atoms with Crippen molar-refractivity contribution in [1.29, 1.82) is 0 Å². The fraction of sp³-hybridized carbons (Fsp3) is 0.657. The van der Waals surface area contributed by atoms with E-state index in [0.29, 0.717) is 32.4 Å². The van der Waals surface area contributed by atoms with Crippen molar-refractivity contribution in [2.24, 2.45) is 34.3 Å². The van der Waals surface area contributed by atoms with Crippen molar-refractivity contribution in [3.8, 4) is 0 Å². The van der Waals surface area contributed by atoms with Crippen LogP contribution in [0.5, 0.6) is 0 Å². The molecule has 13 nitrogen and oxygen atoms in total. The summed E-state index contributed by atoms with van der Waals surface area (Å²) >= 11 is 0. The number of urea groups is 1. The summed E-state index contributed by atoms with van der Waals surface area (Å²) in [6.45, 7) is 14.1. The monoisotopic (exact) mass is 668 g/mol. The van der Waals surface area contributed by atoms with Crippen LogP contribution in [0.1, 0.15) is 72.4 Å². The molecule has 2 aliphatic carbocycles. The number of ether oxygens (including phenoxy) is 1. The summed E-state index contributed by atoms with van der Waals surface area (Å²) in [7, 11) is 0. The van der Waals surface area contributed by atoms with Gasteiger partial charge in [0.15, 0.2) is 0 Å². The summed E-state index contributed by atoms with van der Waals surface area (Å²) in [5.74, 6) is -3.28. The zero-order valence-corrected chi connectivity index (χ0v) is 29.2. The summed E-state index contributed by atoms with van der Waals surface area (Å²) in [4.78, 5) is 80.0. The van der Waals surface area contributed by atoms with E-state index in [9.17, 15) is 28.8 Å². The average molecular weight is 669 g/mol. The Morgan fingerprint density at radius 1 is 1.00 bits per heavy atom. The number of likely N-dealkylation sites (tertiary alicyclic amines) is 1. The standard InChI is InChI=1S/C35H52N6O7/c1-8-12-23(28(42)29(36)43)38-30(44)27-25-22(35(25,6)7)17-41(27)31(45)26(21-15-19-13-10-11-14-20(19)16-21)40-32(46)39-24(34(3,4)5)18-48-33(47)37-9-2/h10-11,13-14,21-27H,8-9,12,15-18H2,1-7H3,(H2,36,43)(H,37,47)(H,38,44)(H2,39,40,46)/t22-,23?,24+,25-,26-,27-/m0/s1. The molecule has 0 spiro atoms. The van der Waals surface area contributed by atoms with E-state index in [2.05, 4.69) is 35.1 Å². The van der Waals surface area contributed by atoms with Gasteiger partial charge in [-0.05, 0) is 65.9 Å². The van der Waals surface area contributed by atoms with Gasteiger partial charge in [-0.25, -0.2) is 9.59 Å². The van der Waals surface area contributed by atoms with Crippen molar-refractivity contribution in [3.63, 3.8) is 0 Å². The predicted octanol–water partition coefficient (Wildman–Crippen LogP) is 2.05. The van der Waals surface area contributed by atoms with Crippen LogP contribution < -0.4 is 27.0 Å². The molecular weight excluding hydrogens is 616 g/mol. The molecule has 0 radical (unpaired) electrons. The Labute approximate surface area is 282 Å². The number of carbonyl (C=O) groups is 6. The number of nitrogens with two attached hydrogens (primary N) is 1. The smallest absolute Gasteiger partial charge is 0.407 e. The molecule has 0 bridgehead atoms. The Balaban J connectivity index is 1.59. The van der Waals surface area contributed by atoms with Gasteiger partial charge in [-0.1, -0.05) is 72.2 Å². The van der Waals surface area contributed by atoms with E-state index >= 15 is 0 Å². The van der Waals surface area contributed by atoms with E-state index in [-0.39, 0.29) is 42.1 Å². The van der Waals surface area contributed by atoms with E-state index in [1.165, 1.54) is 0 Å². The van der Waals surface area contributed by atoms with E-state index < -0.39 is 59.3 Å². The number of fused-ring (bicyclic) bond motifs is 2. The van der Waals surface area contributed by atoms with Crippen molar-refractivity contribution >= 4 is 35.6 Å². The number of rotatable bonds is 13. The molecule has 48 heavy (non-hydrogen) atoms. The number of hydrogen-bond acceptors (Lipinski definition) is 7. The highest BCUT2D eigenvalue weighted by Gasteiger charge is 2.69. The summed E-state index contributed by atoms with van der Waals surface area (Å²) in [6.07, 6.45) is 1.29. The van der Waals surface area contributed by atoms with Gasteiger partial charge in [0.25, 0.3) is 5.91 Å². The lowest BCUT2D eigenvalue weighted by molar-refractivity contribution is -0.144. The zero-order chi connectivity index (χ0) is 35.6. The third-order valence-corrected chi connectivity index (χ3v) is 10.4. The second kappa shape index (κ2) is 14.5. The van der Waals surface area contributed by atoms with Crippen LogP contribution in [-0.2, 0) is 36.8 Å². The molecule has 1 heterocycles. The van der Waals surface area contributed by atoms with Gasteiger partial charge in [0.1, 0.15) is 18.7 Å². The molecule has 0 aromatic heterocycles. The number of amides is 6.